The van der Waals surface area contributed by atoms with Crippen molar-refractivity contribution in [1.82, 2.24) is 5.43 Å². The molecule has 1 N–H and O–H groups in total. The molecule has 0 aromatic carbocycles. The van der Waals surface area contributed by atoms with Crippen LogP contribution in [-0.2, 0) is 0 Å². The Hall–Kier alpha value is -0.530. The second kappa shape index (κ2) is 3.59. The normalized spacial score (nSPS) is 19.7. The van der Waals surface area contributed by atoms with E-state index in [9.17, 15) is 0 Å². The Morgan fingerprint density at radius 2 is 2.20 bits per heavy atom. The summed E-state index contributed by atoms with van der Waals surface area (Å²) < 4.78 is 0. The molecular weight excluding hydrogens is 124 g/mol. The van der Waals surface area contributed by atoms with Crippen molar-refractivity contribution < 1.29 is 0 Å². The average molecular weight is 140 g/mol. The van der Waals surface area contributed by atoms with E-state index in [2.05, 4.69) is 24.4 Å². The van der Waals surface area contributed by atoms with E-state index >= 15 is 0 Å². The average Bonchev–Trinajstić information content (AvgIpc) is 2.12. The molecule has 0 atom stereocenters. The molecule has 2 heteroatoms. The van der Waals surface area contributed by atoms with E-state index in [0.717, 1.165) is 6.54 Å². The molecule has 0 aromatic rings. The highest BCUT2D eigenvalue weighted by Crippen LogP contribution is 2.07. The van der Waals surface area contributed by atoms with Crippen LogP contribution in [0.4, 0.5) is 0 Å². The zero-order valence-electron chi connectivity index (χ0n) is 6.85. The van der Waals surface area contributed by atoms with Gasteiger partial charge in [0.2, 0.25) is 0 Å². The Balaban J connectivity index is 2.46. The van der Waals surface area contributed by atoms with E-state index in [1.807, 2.05) is 0 Å². The number of hydrogen-bond donors (Lipinski definition) is 1. The molecule has 1 aliphatic heterocycles. The number of nitrogens with zero attached hydrogens (tertiary/aromatic N) is 1. The van der Waals surface area contributed by atoms with Crippen LogP contribution in [-0.4, -0.2) is 12.3 Å². The SMILES string of the molecule is CC(C)C1=NNCCCC1. The fraction of sp³-hybridized carbons (Fsp3) is 0.875. The second-order valence-corrected chi connectivity index (χ2v) is 3.12. The van der Waals surface area contributed by atoms with Crippen LogP contribution in [0.3, 0.4) is 0 Å². The summed E-state index contributed by atoms with van der Waals surface area (Å²) in [6, 6.07) is 0. The minimum Gasteiger partial charge on any atom is -0.310 e. The van der Waals surface area contributed by atoms with Gasteiger partial charge in [-0.15, -0.1) is 0 Å². The van der Waals surface area contributed by atoms with E-state index in [4.69, 9.17) is 0 Å². The standard InChI is InChI=1S/C8H16N2/c1-7(2)8-5-3-4-6-9-10-8/h7,9H,3-6H2,1-2H3. The quantitative estimate of drug-likeness (QED) is 0.589. The lowest BCUT2D eigenvalue weighted by atomic mass is 10.0. The van der Waals surface area contributed by atoms with Gasteiger partial charge in [-0.2, -0.15) is 5.10 Å². The van der Waals surface area contributed by atoms with Crippen molar-refractivity contribution in [2.45, 2.75) is 33.1 Å². The molecule has 0 saturated heterocycles. The highest BCUT2D eigenvalue weighted by Gasteiger charge is 2.06. The lowest BCUT2D eigenvalue weighted by molar-refractivity contribution is 0.686. The molecule has 0 bridgehead atoms. The Labute approximate surface area is 62.7 Å². The molecule has 0 saturated carbocycles. The van der Waals surface area contributed by atoms with Crippen molar-refractivity contribution >= 4 is 5.71 Å². The largest absolute Gasteiger partial charge is 0.310 e. The maximum Gasteiger partial charge on any atom is 0.0403 e. The highest BCUT2D eigenvalue weighted by atomic mass is 15.3. The summed E-state index contributed by atoms with van der Waals surface area (Å²) in [6.45, 7) is 5.45. The van der Waals surface area contributed by atoms with E-state index in [-0.39, 0.29) is 0 Å². The van der Waals surface area contributed by atoms with Crippen molar-refractivity contribution in [3.8, 4) is 0 Å². The van der Waals surface area contributed by atoms with Gasteiger partial charge in [-0.05, 0) is 25.2 Å². The number of rotatable bonds is 1. The zero-order valence-corrected chi connectivity index (χ0v) is 6.85. The monoisotopic (exact) mass is 140 g/mol. The van der Waals surface area contributed by atoms with Gasteiger partial charge in [0.25, 0.3) is 0 Å². The lowest BCUT2D eigenvalue weighted by Crippen LogP contribution is -2.11. The molecule has 10 heavy (non-hydrogen) atoms. The predicted octanol–water partition coefficient (Wildman–Crippen LogP) is 1.77. The van der Waals surface area contributed by atoms with Gasteiger partial charge >= 0.3 is 0 Å². The van der Waals surface area contributed by atoms with Crippen LogP contribution < -0.4 is 5.43 Å². The van der Waals surface area contributed by atoms with Crippen molar-refractivity contribution in [2.75, 3.05) is 6.54 Å². The summed E-state index contributed by atoms with van der Waals surface area (Å²) in [6.07, 6.45) is 3.74. The number of hydrogen-bond acceptors (Lipinski definition) is 2. The molecule has 0 spiro atoms. The van der Waals surface area contributed by atoms with Gasteiger partial charge in [-0.3, -0.25) is 0 Å². The summed E-state index contributed by atoms with van der Waals surface area (Å²) in [7, 11) is 0. The first-order valence-corrected chi connectivity index (χ1v) is 4.10. The van der Waals surface area contributed by atoms with E-state index in [0.29, 0.717) is 5.92 Å². The summed E-state index contributed by atoms with van der Waals surface area (Å²) in [5.41, 5.74) is 4.40. The molecule has 0 radical (unpaired) electrons. The van der Waals surface area contributed by atoms with Crippen LogP contribution in [0.1, 0.15) is 33.1 Å². The minimum atomic E-state index is 0.616. The van der Waals surface area contributed by atoms with Gasteiger partial charge in [0.15, 0.2) is 0 Å². The molecule has 0 aromatic heterocycles. The lowest BCUT2D eigenvalue weighted by Gasteiger charge is -2.05. The molecule has 1 heterocycles. The first kappa shape index (κ1) is 7.58. The zero-order chi connectivity index (χ0) is 7.40. The molecule has 0 aliphatic carbocycles. The fourth-order valence-corrected chi connectivity index (χ4v) is 1.14. The maximum atomic E-state index is 4.29. The fourth-order valence-electron chi connectivity index (χ4n) is 1.14. The molecule has 2 nitrogen and oxygen atoms in total. The summed E-state index contributed by atoms with van der Waals surface area (Å²) in [5, 5.41) is 4.29. The Bertz CT molecular complexity index is 127. The van der Waals surface area contributed by atoms with Gasteiger partial charge in [0.05, 0.1) is 0 Å². The van der Waals surface area contributed by atoms with Gasteiger partial charge < -0.3 is 5.43 Å². The van der Waals surface area contributed by atoms with Crippen LogP contribution in [0.2, 0.25) is 0 Å². The van der Waals surface area contributed by atoms with Gasteiger partial charge in [0.1, 0.15) is 0 Å². The van der Waals surface area contributed by atoms with Crippen molar-refractivity contribution in [2.24, 2.45) is 11.0 Å². The van der Waals surface area contributed by atoms with Crippen molar-refractivity contribution in [1.29, 1.82) is 0 Å². The Morgan fingerprint density at radius 1 is 1.40 bits per heavy atom. The number of hydrazone groups is 1. The summed E-state index contributed by atoms with van der Waals surface area (Å²) >= 11 is 0. The van der Waals surface area contributed by atoms with Gasteiger partial charge in [-0.1, -0.05) is 13.8 Å². The third-order valence-electron chi connectivity index (χ3n) is 1.86. The molecule has 1 aliphatic rings. The molecule has 58 valence electrons. The third-order valence-corrected chi connectivity index (χ3v) is 1.86. The molecular formula is C8H16N2. The smallest absolute Gasteiger partial charge is 0.0403 e. The first-order chi connectivity index (χ1) is 4.80. The van der Waals surface area contributed by atoms with Crippen LogP contribution in [0.25, 0.3) is 0 Å². The Morgan fingerprint density at radius 3 is 2.90 bits per heavy atom. The van der Waals surface area contributed by atoms with Crippen LogP contribution in [0.15, 0.2) is 5.10 Å². The predicted molar refractivity (Wildman–Crippen MR) is 44.1 cm³/mol. The summed E-state index contributed by atoms with van der Waals surface area (Å²) in [5.74, 6) is 0.616. The summed E-state index contributed by atoms with van der Waals surface area (Å²) in [4.78, 5) is 0. The van der Waals surface area contributed by atoms with Crippen molar-refractivity contribution in [3.05, 3.63) is 0 Å². The Kier molecular flexibility index (Phi) is 2.72. The third kappa shape index (κ3) is 2.01. The maximum absolute atomic E-state index is 4.29. The van der Waals surface area contributed by atoms with Crippen molar-refractivity contribution in [3.63, 3.8) is 0 Å². The topological polar surface area (TPSA) is 24.4 Å². The van der Waals surface area contributed by atoms with E-state index < -0.39 is 0 Å². The van der Waals surface area contributed by atoms with E-state index in [1.54, 1.807) is 0 Å². The van der Waals surface area contributed by atoms with Crippen LogP contribution in [0.5, 0.6) is 0 Å². The van der Waals surface area contributed by atoms with Crippen LogP contribution >= 0.6 is 0 Å². The molecule has 0 fully saturated rings. The number of nitrogens with one attached hydrogen (secondary N) is 1. The minimum absolute atomic E-state index is 0.616. The highest BCUT2D eigenvalue weighted by molar-refractivity contribution is 5.86. The van der Waals surface area contributed by atoms with Gasteiger partial charge in [-0.25, -0.2) is 0 Å². The molecule has 0 amide bonds. The van der Waals surface area contributed by atoms with Crippen LogP contribution in [0, 0.1) is 5.92 Å². The molecule has 1 rings (SSSR count). The second-order valence-electron chi connectivity index (χ2n) is 3.12. The van der Waals surface area contributed by atoms with Gasteiger partial charge in [0, 0.05) is 12.3 Å². The van der Waals surface area contributed by atoms with E-state index in [1.165, 1.54) is 25.0 Å². The first-order valence-electron chi connectivity index (χ1n) is 4.10. The molecule has 0 unspecified atom stereocenters.